The molecule has 1 N–H and O–H groups in total. The first kappa shape index (κ1) is 14.3. The summed E-state index contributed by atoms with van der Waals surface area (Å²) in [4.78, 5) is 11.3. The minimum atomic E-state index is -1.27. The van der Waals surface area contributed by atoms with Crippen molar-refractivity contribution in [2.24, 2.45) is 0 Å². The molecule has 0 amide bonds. The van der Waals surface area contributed by atoms with Gasteiger partial charge in [-0.2, -0.15) is 0 Å². The summed E-state index contributed by atoms with van der Waals surface area (Å²) in [7, 11) is 0. The van der Waals surface area contributed by atoms with Crippen molar-refractivity contribution in [3.8, 4) is 0 Å². The van der Waals surface area contributed by atoms with E-state index in [0.29, 0.717) is 6.07 Å². The first-order valence-electron chi connectivity index (χ1n) is 5.40. The second-order valence-corrected chi connectivity index (χ2v) is 4.00. The van der Waals surface area contributed by atoms with Crippen molar-refractivity contribution in [1.82, 2.24) is 0 Å². The summed E-state index contributed by atoms with van der Waals surface area (Å²) in [5, 5.41) is 19.8. The molecule has 1 rings (SSSR count). The minimum absolute atomic E-state index is 0.0150. The van der Waals surface area contributed by atoms with E-state index < -0.39 is 27.9 Å². The molecule has 0 aliphatic rings. The highest BCUT2D eigenvalue weighted by Crippen LogP contribution is 2.33. The second-order valence-electron chi connectivity index (χ2n) is 4.00. The number of rotatable bonds is 5. The molecule has 18 heavy (non-hydrogen) atoms. The van der Waals surface area contributed by atoms with Crippen molar-refractivity contribution >= 4 is 11.4 Å². The first-order chi connectivity index (χ1) is 8.40. The largest absolute Gasteiger partial charge is 0.395 e. The summed E-state index contributed by atoms with van der Waals surface area (Å²) in [5.41, 5.74) is -0.944. The van der Waals surface area contributed by atoms with Gasteiger partial charge in [0.2, 0.25) is 0 Å². The molecule has 0 aliphatic heterocycles. The zero-order chi connectivity index (χ0) is 13.9. The zero-order valence-electron chi connectivity index (χ0n) is 10.1. The number of nitro benzene ring substituents is 1. The normalized spacial score (nSPS) is 10.8. The number of anilines is 1. The maximum atomic E-state index is 13.8. The summed E-state index contributed by atoms with van der Waals surface area (Å²) in [6, 6.07) is 1.32. The van der Waals surface area contributed by atoms with E-state index in [0.717, 1.165) is 6.07 Å². The standard InChI is InChI=1S/C11H14F2N2O3/c1-7(2)14(5-6-16)11-9(15(17)18)4-3-8(12)10(11)13/h3-4,7,16H,5-6H2,1-2H3. The van der Waals surface area contributed by atoms with Crippen LogP contribution in [0.4, 0.5) is 20.2 Å². The van der Waals surface area contributed by atoms with Crippen LogP contribution >= 0.6 is 0 Å². The van der Waals surface area contributed by atoms with E-state index in [1.807, 2.05) is 0 Å². The summed E-state index contributed by atoms with van der Waals surface area (Å²) < 4.78 is 27.0. The van der Waals surface area contributed by atoms with Gasteiger partial charge in [0.15, 0.2) is 17.3 Å². The fourth-order valence-electron chi connectivity index (χ4n) is 1.69. The fraction of sp³-hybridized carbons (Fsp3) is 0.455. The maximum Gasteiger partial charge on any atom is 0.295 e. The number of aliphatic hydroxyl groups is 1. The van der Waals surface area contributed by atoms with Gasteiger partial charge in [-0.25, -0.2) is 8.78 Å². The third kappa shape index (κ3) is 2.73. The van der Waals surface area contributed by atoms with Crippen LogP contribution in [-0.2, 0) is 0 Å². The Labute approximate surface area is 103 Å². The Balaban J connectivity index is 3.42. The van der Waals surface area contributed by atoms with Gasteiger partial charge in [0, 0.05) is 18.7 Å². The number of halogens is 2. The van der Waals surface area contributed by atoms with Crippen molar-refractivity contribution in [2.75, 3.05) is 18.1 Å². The maximum absolute atomic E-state index is 13.8. The van der Waals surface area contributed by atoms with Crippen molar-refractivity contribution in [3.63, 3.8) is 0 Å². The molecule has 7 heteroatoms. The molecule has 0 radical (unpaired) electrons. The number of nitro groups is 1. The van der Waals surface area contributed by atoms with Crippen LogP contribution in [0, 0.1) is 21.7 Å². The third-order valence-corrected chi connectivity index (χ3v) is 2.50. The van der Waals surface area contributed by atoms with Gasteiger partial charge in [-0.15, -0.1) is 0 Å². The van der Waals surface area contributed by atoms with Gasteiger partial charge in [0.25, 0.3) is 5.69 Å². The smallest absolute Gasteiger partial charge is 0.295 e. The molecule has 0 spiro atoms. The molecule has 0 saturated carbocycles. The van der Waals surface area contributed by atoms with Crippen molar-refractivity contribution < 1.29 is 18.8 Å². The lowest BCUT2D eigenvalue weighted by molar-refractivity contribution is -0.384. The lowest BCUT2D eigenvalue weighted by atomic mass is 10.2. The van der Waals surface area contributed by atoms with Crippen LogP contribution in [0.1, 0.15) is 13.8 Å². The highest BCUT2D eigenvalue weighted by atomic mass is 19.2. The van der Waals surface area contributed by atoms with Crippen molar-refractivity contribution in [3.05, 3.63) is 33.9 Å². The van der Waals surface area contributed by atoms with E-state index in [2.05, 4.69) is 0 Å². The topological polar surface area (TPSA) is 66.6 Å². The van der Waals surface area contributed by atoms with Gasteiger partial charge in [-0.05, 0) is 19.9 Å². The first-order valence-corrected chi connectivity index (χ1v) is 5.40. The number of nitrogens with zero attached hydrogens (tertiary/aromatic N) is 2. The van der Waals surface area contributed by atoms with Gasteiger partial charge in [0.05, 0.1) is 11.5 Å². The average molecular weight is 260 g/mol. The van der Waals surface area contributed by atoms with E-state index in [9.17, 15) is 18.9 Å². The van der Waals surface area contributed by atoms with E-state index in [-0.39, 0.29) is 19.2 Å². The molecule has 0 saturated heterocycles. The minimum Gasteiger partial charge on any atom is -0.395 e. The average Bonchev–Trinajstić information content (AvgIpc) is 2.29. The molecule has 1 aromatic rings. The molecule has 0 fully saturated rings. The molecule has 0 heterocycles. The van der Waals surface area contributed by atoms with E-state index >= 15 is 0 Å². The number of benzene rings is 1. The van der Waals surface area contributed by atoms with Crippen LogP contribution in [0.3, 0.4) is 0 Å². The molecule has 0 atom stereocenters. The van der Waals surface area contributed by atoms with Crippen LogP contribution < -0.4 is 4.90 Å². The Bertz CT molecular complexity index is 452. The van der Waals surface area contributed by atoms with Gasteiger partial charge in [-0.3, -0.25) is 10.1 Å². The van der Waals surface area contributed by atoms with E-state index in [1.165, 1.54) is 4.90 Å². The molecule has 100 valence electrons. The molecule has 5 nitrogen and oxygen atoms in total. The van der Waals surface area contributed by atoms with Crippen molar-refractivity contribution in [1.29, 1.82) is 0 Å². The van der Waals surface area contributed by atoms with E-state index in [4.69, 9.17) is 5.11 Å². The quantitative estimate of drug-likeness (QED) is 0.650. The Morgan fingerprint density at radius 1 is 1.44 bits per heavy atom. The van der Waals surface area contributed by atoms with Gasteiger partial charge >= 0.3 is 0 Å². The monoisotopic (exact) mass is 260 g/mol. The Morgan fingerprint density at radius 3 is 2.50 bits per heavy atom. The SMILES string of the molecule is CC(C)N(CCO)c1c([N+](=O)[O-])ccc(F)c1F. The van der Waals surface area contributed by atoms with Gasteiger partial charge in [0.1, 0.15) is 0 Å². The van der Waals surface area contributed by atoms with Crippen molar-refractivity contribution in [2.45, 2.75) is 19.9 Å². The predicted octanol–water partition coefficient (Wildman–Crippen LogP) is 2.08. The summed E-state index contributed by atoms with van der Waals surface area (Å²) in [6.07, 6.45) is 0. The third-order valence-electron chi connectivity index (χ3n) is 2.50. The number of hydrogen-bond donors (Lipinski definition) is 1. The van der Waals surface area contributed by atoms with Crippen LogP contribution in [-0.4, -0.2) is 29.2 Å². The highest BCUT2D eigenvalue weighted by molar-refractivity contribution is 5.64. The predicted molar refractivity (Wildman–Crippen MR) is 62.6 cm³/mol. The Kier molecular flexibility index (Phi) is 4.55. The Hall–Kier alpha value is -1.76. The van der Waals surface area contributed by atoms with Gasteiger partial charge < -0.3 is 10.0 Å². The van der Waals surface area contributed by atoms with Crippen LogP contribution in [0.15, 0.2) is 12.1 Å². The summed E-state index contributed by atoms with van der Waals surface area (Å²) in [5.74, 6) is -2.43. The van der Waals surface area contributed by atoms with Crippen LogP contribution in [0.5, 0.6) is 0 Å². The Morgan fingerprint density at radius 2 is 2.06 bits per heavy atom. The van der Waals surface area contributed by atoms with Crippen LogP contribution in [0.2, 0.25) is 0 Å². The van der Waals surface area contributed by atoms with Gasteiger partial charge in [-0.1, -0.05) is 0 Å². The zero-order valence-corrected chi connectivity index (χ0v) is 10.1. The lowest BCUT2D eigenvalue weighted by Crippen LogP contribution is -2.34. The molecular formula is C11H14F2N2O3. The molecular weight excluding hydrogens is 246 g/mol. The number of aliphatic hydroxyl groups excluding tert-OH is 1. The second kappa shape index (κ2) is 5.72. The molecule has 0 aliphatic carbocycles. The molecule has 0 unspecified atom stereocenters. The number of hydrogen-bond acceptors (Lipinski definition) is 4. The van der Waals surface area contributed by atoms with Crippen LogP contribution in [0.25, 0.3) is 0 Å². The fourth-order valence-corrected chi connectivity index (χ4v) is 1.69. The summed E-state index contributed by atoms with van der Waals surface area (Å²) in [6.45, 7) is 3.01. The molecule has 0 aromatic heterocycles. The lowest BCUT2D eigenvalue weighted by Gasteiger charge is -2.28. The highest BCUT2D eigenvalue weighted by Gasteiger charge is 2.27. The summed E-state index contributed by atoms with van der Waals surface area (Å²) >= 11 is 0. The molecule has 1 aromatic carbocycles. The van der Waals surface area contributed by atoms with E-state index in [1.54, 1.807) is 13.8 Å². The molecule has 0 bridgehead atoms.